The van der Waals surface area contributed by atoms with Gasteiger partial charge in [0.25, 0.3) is 0 Å². The summed E-state index contributed by atoms with van der Waals surface area (Å²) in [6.07, 6.45) is 8.49. The lowest BCUT2D eigenvalue weighted by Crippen LogP contribution is -2.31. The molecule has 1 aliphatic carbocycles. The van der Waals surface area contributed by atoms with Crippen LogP contribution in [0.4, 0.5) is 5.69 Å². The summed E-state index contributed by atoms with van der Waals surface area (Å²) in [6.45, 7) is 2.31. The minimum absolute atomic E-state index is 0.630. The number of H-pyrrole nitrogens is 1. The monoisotopic (exact) mass is 269 g/mol. The van der Waals surface area contributed by atoms with Crippen LogP contribution in [0.1, 0.15) is 39.0 Å². The normalized spacial score (nSPS) is 22.6. The zero-order valence-electron chi connectivity index (χ0n) is 12.1. The maximum absolute atomic E-state index is 4.02. The van der Waals surface area contributed by atoms with Crippen molar-refractivity contribution < 1.29 is 0 Å². The van der Waals surface area contributed by atoms with Crippen molar-refractivity contribution in [1.29, 1.82) is 0 Å². The van der Waals surface area contributed by atoms with Gasteiger partial charge in [0.1, 0.15) is 0 Å². The molecule has 2 atom stereocenters. The first-order valence-corrected chi connectivity index (χ1v) is 7.73. The largest absolute Gasteiger partial charge is 0.382 e. The fourth-order valence-electron chi connectivity index (χ4n) is 3.29. The summed E-state index contributed by atoms with van der Waals surface area (Å²) in [5.74, 6) is 0.819. The van der Waals surface area contributed by atoms with Gasteiger partial charge >= 0.3 is 0 Å². The molecule has 1 aliphatic rings. The first-order chi connectivity index (χ1) is 9.86. The molecule has 1 aromatic carbocycles. The Morgan fingerprint density at radius 1 is 1.25 bits per heavy atom. The van der Waals surface area contributed by atoms with Crippen LogP contribution >= 0.6 is 0 Å². The topological polar surface area (TPSA) is 40.7 Å². The van der Waals surface area contributed by atoms with Crippen LogP contribution in [0, 0.1) is 5.92 Å². The van der Waals surface area contributed by atoms with Crippen molar-refractivity contribution in [3.8, 4) is 11.3 Å². The van der Waals surface area contributed by atoms with Crippen LogP contribution in [0.25, 0.3) is 11.3 Å². The van der Waals surface area contributed by atoms with E-state index in [0.29, 0.717) is 6.04 Å². The van der Waals surface area contributed by atoms with E-state index in [1.54, 1.807) is 6.20 Å². The van der Waals surface area contributed by atoms with E-state index in [1.165, 1.54) is 43.4 Å². The number of anilines is 1. The number of hydrogen-bond acceptors (Lipinski definition) is 2. The van der Waals surface area contributed by atoms with E-state index >= 15 is 0 Å². The van der Waals surface area contributed by atoms with Gasteiger partial charge in [0, 0.05) is 23.5 Å². The van der Waals surface area contributed by atoms with Crippen LogP contribution < -0.4 is 5.32 Å². The highest BCUT2D eigenvalue weighted by Crippen LogP contribution is 2.30. The van der Waals surface area contributed by atoms with Gasteiger partial charge in [0.2, 0.25) is 0 Å². The second-order valence-corrected chi connectivity index (χ2v) is 5.75. The summed E-state index contributed by atoms with van der Waals surface area (Å²) in [4.78, 5) is 0. The second-order valence-electron chi connectivity index (χ2n) is 5.75. The predicted octanol–water partition coefficient (Wildman–Crippen LogP) is 4.46. The van der Waals surface area contributed by atoms with E-state index in [4.69, 9.17) is 0 Å². The van der Waals surface area contributed by atoms with Crippen molar-refractivity contribution in [2.75, 3.05) is 5.32 Å². The molecule has 2 aromatic rings. The highest BCUT2D eigenvalue weighted by molar-refractivity contribution is 5.64. The number of nitrogens with one attached hydrogen (secondary N) is 2. The smallest absolute Gasteiger partial charge is 0.0650 e. The summed E-state index contributed by atoms with van der Waals surface area (Å²) in [5, 5.41) is 10.8. The Kier molecular flexibility index (Phi) is 4.05. The summed E-state index contributed by atoms with van der Waals surface area (Å²) in [5.41, 5.74) is 3.49. The lowest BCUT2D eigenvalue weighted by atomic mass is 9.83. The standard InChI is InChI=1S/C17H23N3/c1-2-13-6-3-4-9-16(13)19-15-8-5-7-14(12-15)17-10-11-18-20-17/h5,7-8,10-13,16,19H,2-4,6,9H2,1H3,(H,18,20). The molecule has 106 valence electrons. The molecular formula is C17H23N3. The molecule has 20 heavy (non-hydrogen) atoms. The Morgan fingerprint density at radius 3 is 2.95 bits per heavy atom. The van der Waals surface area contributed by atoms with Crippen molar-refractivity contribution in [3.05, 3.63) is 36.5 Å². The Balaban J connectivity index is 1.75. The van der Waals surface area contributed by atoms with E-state index in [1.807, 2.05) is 6.07 Å². The first-order valence-electron chi connectivity index (χ1n) is 7.73. The summed E-state index contributed by atoms with van der Waals surface area (Å²) < 4.78 is 0. The fraction of sp³-hybridized carbons (Fsp3) is 0.471. The summed E-state index contributed by atoms with van der Waals surface area (Å²) >= 11 is 0. The average Bonchev–Trinajstić information content (AvgIpc) is 3.02. The third-order valence-electron chi connectivity index (χ3n) is 4.46. The maximum atomic E-state index is 4.02. The molecule has 2 unspecified atom stereocenters. The minimum Gasteiger partial charge on any atom is -0.382 e. The molecule has 1 aromatic heterocycles. The van der Waals surface area contributed by atoms with Crippen molar-refractivity contribution in [2.45, 2.75) is 45.1 Å². The maximum Gasteiger partial charge on any atom is 0.0650 e. The van der Waals surface area contributed by atoms with E-state index in [0.717, 1.165) is 11.6 Å². The third kappa shape index (κ3) is 2.87. The molecule has 2 N–H and O–H groups in total. The van der Waals surface area contributed by atoms with Gasteiger partial charge in [0.05, 0.1) is 5.69 Å². The Hall–Kier alpha value is -1.77. The lowest BCUT2D eigenvalue weighted by Gasteiger charge is -2.32. The number of nitrogens with zero attached hydrogens (tertiary/aromatic N) is 1. The Labute approximate surface area is 120 Å². The highest BCUT2D eigenvalue weighted by atomic mass is 15.1. The number of hydrogen-bond donors (Lipinski definition) is 2. The fourth-order valence-corrected chi connectivity index (χ4v) is 3.29. The molecule has 0 saturated heterocycles. The molecule has 0 radical (unpaired) electrons. The average molecular weight is 269 g/mol. The number of aromatic amines is 1. The molecule has 0 amide bonds. The molecule has 0 bridgehead atoms. The van der Waals surface area contributed by atoms with E-state index in [9.17, 15) is 0 Å². The zero-order chi connectivity index (χ0) is 13.8. The van der Waals surface area contributed by atoms with Crippen molar-refractivity contribution >= 4 is 5.69 Å². The second kappa shape index (κ2) is 6.12. The van der Waals surface area contributed by atoms with Crippen molar-refractivity contribution in [2.24, 2.45) is 5.92 Å². The van der Waals surface area contributed by atoms with Gasteiger partial charge in [-0.15, -0.1) is 0 Å². The van der Waals surface area contributed by atoms with Crippen LogP contribution in [-0.4, -0.2) is 16.2 Å². The van der Waals surface area contributed by atoms with Crippen molar-refractivity contribution in [3.63, 3.8) is 0 Å². The van der Waals surface area contributed by atoms with Gasteiger partial charge in [-0.25, -0.2) is 0 Å². The van der Waals surface area contributed by atoms with Gasteiger partial charge in [-0.3, -0.25) is 5.10 Å². The van der Waals surface area contributed by atoms with Crippen molar-refractivity contribution in [1.82, 2.24) is 10.2 Å². The molecule has 3 nitrogen and oxygen atoms in total. The molecule has 3 rings (SSSR count). The van der Waals surface area contributed by atoms with Crippen LogP contribution in [0.15, 0.2) is 36.5 Å². The SMILES string of the molecule is CCC1CCCCC1Nc1cccc(-c2ccn[nH]2)c1. The molecule has 0 aliphatic heterocycles. The Bertz CT molecular complexity index is 533. The molecule has 0 spiro atoms. The minimum atomic E-state index is 0.630. The number of aromatic nitrogens is 2. The molecule has 1 saturated carbocycles. The number of rotatable bonds is 4. The Morgan fingerprint density at radius 2 is 2.15 bits per heavy atom. The molecule has 1 heterocycles. The van der Waals surface area contributed by atoms with E-state index in [-0.39, 0.29) is 0 Å². The third-order valence-corrected chi connectivity index (χ3v) is 4.46. The van der Waals surface area contributed by atoms with E-state index < -0.39 is 0 Å². The van der Waals surface area contributed by atoms with Gasteiger partial charge < -0.3 is 5.32 Å². The van der Waals surface area contributed by atoms with Crippen LogP contribution in [0.5, 0.6) is 0 Å². The molecular weight excluding hydrogens is 246 g/mol. The lowest BCUT2D eigenvalue weighted by molar-refractivity contribution is 0.317. The molecule has 3 heteroatoms. The van der Waals surface area contributed by atoms with E-state index in [2.05, 4.69) is 46.7 Å². The summed E-state index contributed by atoms with van der Waals surface area (Å²) in [7, 11) is 0. The summed E-state index contributed by atoms with van der Waals surface area (Å²) in [6, 6.07) is 11.3. The zero-order valence-corrected chi connectivity index (χ0v) is 12.1. The van der Waals surface area contributed by atoms with Gasteiger partial charge in [-0.05, 0) is 37.0 Å². The van der Waals surface area contributed by atoms with Crippen LogP contribution in [0.3, 0.4) is 0 Å². The van der Waals surface area contributed by atoms with Crippen LogP contribution in [0.2, 0.25) is 0 Å². The quantitative estimate of drug-likeness (QED) is 0.860. The van der Waals surface area contributed by atoms with Gasteiger partial charge in [-0.1, -0.05) is 38.3 Å². The van der Waals surface area contributed by atoms with Crippen LogP contribution in [-0.2, 0) is 0 Å². The predicted molar refractivity (Wildman–Crippen MR) is 83.7 cm³/mol. The number of benzene rings is 1. The first kappa shape index (κ1) is 13.2. The van der Waals surface area contributed by atoms with Gasteiger partial charge in [-0.2, -0.15) is 5.10 Å². The molecule has 1 fully saturated rings. The highest BCUT2D eigenvalue weighted by Gasteiger charge is 2.23. The van der Waals surface area contributed by atoms with Gasteiger partial charge in [0.15, 0.2) is 0 Å².